The van der Waals surface area contributed by atoms with Crippen molar-refractivity contribution in [2.75, 3.05) is 0 Å². The highest BCUT2D eigenvalue weighted by atomic mass is 16.2. The van der Waals surface area contributed by atoms with Crippen LogP contribution in [0.5, 0.6) is 0 Å². The highest BCUT2D eigenvalue weighted by Crippen LogP contribution is 2.33. The van der Waals surface area contributed by atoms with Crippen molar-refractivity contribution in [2.24, 2.45) is 0 Å². The maximum absolute atomic E-state index is 13.7. The predicted molar refractivity (Wildman–Crippen MR) is 243 cm³/mol. The summed E-state index contributed by atoms with van der Waals surface area (Å²) >= 11 is 0. The number of unbranched alkanes of at least 4 members (excludes halogenated alkanes) is 3. The molecule has 2 aliphatic rings. The molecule has 0 saturated carbocycles. The lowest BCUT2D eigenvalue weighted by Crippen LogP contribution is -2.26. The predicted octanol–water partition coefficient (Wildman–Crippen LogP) is 9.15. The Balaban J connectivity index is 1.03. The maximum atomic E-state index is 13.7. The van der Waals surface area contributed by atoms with Crippen LogP contribution in [0.2, 0.25) is 0 Å². The van der Waals surface area contributed by atoms with E-state index in [0.717, 1.165) is 91.9 Å². The second kappa shape index (κ2) is 14.7. The van der Waals surface area contributed by atoms with Crippen molar-refractivity contribution in [2.45, 2.75) is 52.6 Å². The lowest BCUT2D eigenvalue weighted by Gasteiger charge is -2.06. The first-order chi connectivity index (χ1) is 29.2. The largest absolute Gasteiger partial charge is 0.355 e. The van der Waals surface area contributed by atoms with E-state index in [9.17, 15) is 19.2 Å². The third kappa shape index (κ3) is 6.46. The van der Waals surface area contributed by atoms with Crippen LogP contribution in [0.15, 0.2) is 116 Å². The van der Waals surface area contributed by atoms with Gasteiger partial charge in [-0.15, -0.1) is 0 Å². The van der Waals surface area contributed by atoms with Crippen molar-refractivity contribution in [1.82, 2.24) is 29.1 Å². The number of aromatic nitrogens is 6. The normalized spacial score (nSPS) is 12.4. The number of aryl methyl sites for hydroxylation is 1. The minimum absolute atomic E-state index is 0.0353. The van der Waals surface area contributed by atoms with Gasteiger partial charge in [0.05, 0.1) is 50.9 Å². The Morgan fingerprint density at radius 2 is 1.02 bits per heavy atom. The summed E-state index contributed by atoms with van der Waals surface area (Å²) in [5.41, 5.74) is 10.9. The van der Waals surface area contributed by atoms with Crippen LogP contribution >= 0.6 is 0 Å². The zero-order chi connectivity index (χ0) is 41.1. The molecule has 3 aromatic carbocycles. The molecule has 0 amide bonds. The molecule has 2 N–H and O–H groups in total. The van der Waals surface area contributed by atoms with Gasteiger partial charge in [-0.25, -0.2) is 9.97 Å². The van der Waals surface area contributed by atoms with Gasteiger partial charge in [0, 0.05) is 39.7 Å². The number of nitrogens with zero attached hydrogens (tertiary/aromatic N) is 4. The smallest absolute Gasteiger partial charge is 0.261 e. The average molecular weight is 789 g/mol. The summed E-state index contributed by atoms with van der Waals surface area (Å²) in [6, 6.07) is 31.3. The summed E-state index contributed by atoms with van der Waals surface area (Å²) in [5, 5.41) is 0.660. The number of benzene rings is 3. The summed E-state index contributed by atoms with van der Waals surface area (Å²) in [7, 11) is 0. The molecule has 0 atom stereocenters. The molecule has 0 fully saturated rings. The standard InChI is InChI=1S/C50H40N6O4/c1-3-4-5-6-23-55-47(57)37-26-39-40(27-38(37)48(55)58)50(60)56(49(39)59)28-30-9-13-32(14-10-30)46-43-21-17-35(53-43)24-33-15-19-41(51-33)45(31-11-7-29(2)8-12-31)42-20-16-34(52-42)25-36-18-22-44(46)54-36/h7-22,24-27,53-54H,3-6,23,28H2,1-2H3. The Bertz CT molecular complexity index is 3310. The third-order valence-corrected chi connectivity index (χ3v) is 11.6. The molecule has 8 aromatic rings. The summed E-state index contributed by atoms with van der Waals surface area (Å²) in [6.07, 6.45) is 11.8. The van der Waals surface area contributed by atoms with Crippen molar-refractivity contribution < 1.29 is 0 Å². The Labute approximate surface area is 343 Å². The van der Waals surface area contributed by atoms with Crippen molar-refractivity contribution in [3.63, 3.8) is 0 Å². The van der Waals surface area contributed by atoms with E-state index in [1.54, 1.807) is 0 Å². The van der Waals surface area contributed by atoms with Gasteiger partial charge in [-0.1, -0.05) is 80.3 Å². The number of nitrogens with one attached hydrogen (secondary N) is 2. The van der Waals surface area contributed by atoms with Crippen molar-refractivity contribution >= 4 is 67.9 Å². The Morgan fingerprint density at radius 3 is 1.55 bits per heavy atom. The summed E-state index contributed by atoms with van der Waals surface area (Å²) in [5.74, 6) is 0. The van der Waals surface area contributed by atoms with Crippen LogP contribution in [0.3, 0.4) is 0 Å². The van der Waals surface area contributed by atoms with E-state index in [1.165, 1.54) is 26.8 Å². The lowest BCUT2D eigenvalue weighted by atomic mass is 10.0. The van der Waals surface area contributed by atoms with Gasteiger partial charge in [-0.05, 0) is 103 Å². The van der Waals surface area contributed by atoms with E-state index in [0.29, 0.717) is 13.0 Å². The van der Waals surface area contributed by atoms with Gasteiger partial charge in [-0.2, -0.15) is 0 Å². The average Bonchev–Trinajstić information content (AvgIpc) is 4.13. The van der Waals surface area contributed by atoms with E-state index in [4.69, 9.17) is 9.97 Å². The SMILES string of the molecule is CCCCCCn1c(=O)c2cc3c(=O)n(Cc4ccc(-c5c6ccc(cc7nc(c(-c8ccc(C)cc8)c8nc(cc9ccc5[nH]9)C=C8)C=C7)[nH]6)cc4)c(=O)c3cc2c1=O. The van der Waals surface area contributed by atoms with Crippen LogP contribution in [0.25, 0.3) is 90.2 Å². The van der Waals surface area contributed by atoms with Crippen molar-refractivity contribution in [1.29, 1.82) is 0 Å². The van der Waals surface area contributed by atoms with Crippen LogP contribution < -0.4 is 22.2 Å². The van der Waals surface area contributed by atoms with Gasteiger partial charge in [0.2, 0.25) is 0 Å². The molecular weight excluding hydrogens is 749 g/mol. The quantitative estimate of drug-likeness (QED) is 0.140. The van der Waals surface area contributed by atoms with Gasteiger partial charge < -0.3 is 9.97 Å². The molecule has 5 aromatic heterocycles. The second-order valence-electron chi connectivity index (χ2n) is 15.7. The first-order valence-corrected chi connectivity index (χ1v) is 20.4. The fourth-order valence-electron chi connectivity index (χ4n) is 8.48. The van der Waals surface area contributed by atoms with Gasteiger partial charge in [0.25, 0.3) is 22.2 Å². The molecule has 0 saturated heterocycles. The van der Waals surface area contributed by atoms with Crippen LogP contribution in [-0.2, 0) is 13.1 Å². The van der Waals surface area contributed by atoms with Gasteiger partial charge >= 0.3 is 0 Å². The number of hydrogen-bond donors (Lipinski definition) is 2. The minimum Gasteiger partial charge on any atom is -0.355 e. The molecule has 2 aliphatic heterocycles. The number of hydrogen-bond acceptors (Lipinski definition) is 6. The molecule has 10 rings (SSSR count). The number of aromatic amines is 2. The lowest BCUT2D eigenvalue weighted by molar-refractivity contribution is 0.568. The molecule has 0 unspecified atom stereocenters. The highest BCUT2D eigenvalue weighted by molar-refractivity contribution is 5.98. The zero-order valence-corrected chi connectivity index (χ0v) is 33.2. The van der Waals surface area contributed by atoms with Gasteiger partial charge in [-0.3, -0.25) is 28.3 Å². The summed E-state index contributed by atoms with van der Waals surface area (Å²) in [6.45, 7) is 4.53. The molecule has 10 nitrogen and oxygen atoms in total. The molecule has 60 heavy (non-hydrogen) atoms. The van der Waals surface area contributed by atoms with Gasteiger partial charge in [0.1, 0.15) is 0 Å². The molecule has 0 spiro atoms. The number of fused-ring (bicyclic) bond motifs is 10. The second-order valence-corrected chi connectivity index (χ2v) is 15.7. The molecule has 10 heteroatoms. The minimum atomic E-state index is -0.483. The van der Waals surface area contributed by atoms with Crippen LogP contribution in [0.4, 0.5) is 0 Å². The molecule has 294 valence electrons. The van der Waals surface area contributed by atoms with Crippen molar-refractivity contribution in [3.05, 3.63) is 172 Å². The Hall–Kier alpha value is -7.46. The first-order valence-electron chi connectivity index (χ1n) is 20.4. The van der Waals surface area contributed by atoms with E-state index in [2.05, 4.69) is 48.1 Å². The van der Waals surface area contributed by atoms with E-state index < -0.39 is 22.2 Å². The van der Waals surface area contributed by atoms with Crippen LogP contribution in [0, 0.1) is 6.92 Å². The first kappa shape index (κ1) is 36.9. The topological polar surface area (TPSA) is 135 Å². The third-order valence-electron chi connectivity index (χ3n) is 11.6. The monoisotopic (exact) mass is 788 g/mol. The Morgan fingerprint density at radius 1 is 0.517 bits per heavy atom. The Kier molecular flexibility index (Phi) is 9.05. The molecule has 7 heterocycles. The highest BCUT2D eigenvalue weighted by Gasteiger charge is 2.20. The van der Waals surface area contributed by atoms with E-state index >= 15 is 0 Å². The molecule has 8 bridgehead atoms. The molecule has 0 radical (unpaired) electrons. The summed E-state index contributed by atoms with van der Waals surface area (Å²) in [4.78, 5) is 71.1. The van der Waals surface area contributed by atoms with Gasteiger partial charge in [0.15, 0.2) is 0 Å². The van der Waals surface area contributed by atoms with E-state index in [1.807, 2.05) is 85.0 Å². The number of rotatable bonds is 9. The number of H-pyrrole nitrogens is 2. The van der Waals surface area contributed by atoms with Crippen molar-refractivity contribution in [3.8, 4) is 22.3 Å². The molecule has 0 aliphatic carbocycles. The summed E-state index contributed by atoms with van der Waals surface area (Å²) < 4.78 is 2.41. The zero-order valence-electron chi connectivity index (χ0n) is 33.2. The fraction of sp³-hybridized carbons (Fsp3) is 0.160. The van der Waals surface area contributed by atoms with Crippen LogP contribution in [0.1, 0.15) is 66.5 Å². The molecular formula is C50H40N6O4. The fourth-order valence-corrected chi connectivity index (χ4v) is 8.48. The van der Waals surface area contributed by atoms with E-state index in [-0.39, 0.29) is 28.1 Å². The maximum Gasteiger partial charge on any atom is 0.261 e. The van der Waals surface area contributed by atoms with Crippen LogP contribution in [-0.4, -0.2) is 29.1 Å².